The minimum absolute atomic E-state index is 0.00143. The van der Waals surface area contributed by atoms with Crippen LogP contribution in [0.25, 0.3) is 0 Å². The molecule has 1 aliphatic carbocycles. The van der Waals surface area contributed by atoms with E-state index in [0.717, 1.165) is 17.0 Å². The van der Waals surface area contributed by atoms with Crippen LogP contribution in [0.2, 0.25) is 0 Å². The van der Waals surface area contributed by atoms with Gasteiger partial charge in [-0.05, 0) is 56.0 Å². The highest BCUT2D eigenvalue weighted by molar-refractivity contribution is 6.01. The molecule has 1 fully saturated rings. The zero-order valence-electron chi connectivity index (χ0n) is 18.1. The summed E-state index contributed by atoms with van der Waals surface area (Å²) in [4.78, 5) is 26.3. The van der Waals surface area contributed by atoms with E-state index >= 15 is 4.39 Å². The van der Waals surface area contributed by atoms with Crippen LogP contribution in [0.5, 0.6) is 5.75 Å². The largest absolute Gasteiger partial charge is 0.476 e. The van der Waals surface area contributed by atoms with Crippen LogP contribution < -0.4 is 15.0 Å². The number of anilines is 2. The average molecular weight is 486 g/mol. The standard InChI is InChI=1S/C23H20F6N2O3/c1-10-3-17-20(18(26)19(10)30-21(32)13-6-14(7-13)23(27,28)29)34-11(2)22(33)31(17)9-12-4-15(24)8-16(25)5-12/h3-5,8,11,13-14H,6-7,9H2,1-2H3,(H,30,32). The summed E-state index contributed by atoms with van der Waals surface area (Å²) < 4.78 is 86.1. The number of benzene rings is 2. The molecule has 0 spiro atoms. The van der Waals surface area contributed by atoms with Crippen molar-refractivity contribution in [3.63, 3.8) is 0 Å². The second-order valence-corrected chi connectivity index (χ2v) is 8.59. The lowest BCUT2D eigenvalue weighted by molar-refractivity contribution is -0.203. The number of rotatable bonds is 4. The van der Waals surface area contributed by atoms with Crippen molar-refractivity contribution in [3.05, 3.63) is 52.8 Å². The molecule has 1 unspecified atom stereocenters. The molecule has 1 heterocycles. The summed E-state index contributed by atoms with van der Waals surface area (Å²) in [6, 6.07) is 4.13. The molecule has 1 aliphatic heterocycles. The van der Waals surface area contributed by atoms with Gasteiger partial charge in [0.2, 0.25) is 5.91 Å². The van der Waals surface area contributed by atoms with E-state index in [0.29, 0.717) is 6.07 Å². The molecule has 1 N–H and O–H groups in total. The summed E-state index contributed by atoms with van der Waals surface area (Å²) in [5.74, 6) is -6.80. The van der Waals surface area contributed by atoms with Gasteiger partial charge in [-0.15, -0.1) is 0 Å². The van der Waals surface area contributed by atoms with E-state index in [4.69, 9.17) is 4.74 Å². The maximum absolute atomic E-state index is 15.4. The fraction of sp³-hybridized carbons (Fsp3) is 0.391. The van der Waals surface area contributed by atoms with Crippen molar-refractivity contribution in [1.29, 1.82) is 0 Å². The third kappa shape index (κ3) is 4.43. The number of ether oxygens (including phenoxy) is 1. The zero-order valence-corrected chi connectivity index (χ0v) is 18.1. The molecule has 0 radical (unpaired) electrons. The molecule has 2 amide bonds. The van der Waals surface area contributed by atoms with E-state index in [2.05, 4.69) is 5.32 Å². The average Bonchev–Trinajstić information content (AvgIpc) is 2.67. The Morgan fingerprint density at radius 1 is 1.12 bits per heavy atom. The fourth-order valence-electron chi connectivity index (χ4n) is 4.15. The lowest BCUT2D eigenvalue weighted by Crippen LogP contribution is -2.44. The van der Waals surface area contributed by atoms with Crippen molar-refractivity contribution in [3.8, 4) is 5.75 Å². The molecular formula is C23H20F6N2O3. The Hall–Kier alpha value is -3.24. The van der Waals surface area contributed by atoms with Gasteiger partial charge >= 0.3 is 6.18 Å². The maximum atomic E-state index is 15.4. The highest BCUT2D eigenvalue weighted by atomic mass is 19.4. The summed E-state index contributed by atoms with van der Waals surface area (Å²) in [6.07, 6.45) is -6.26. The van der Waals surface area contributed by atoms with Crippen LogP contribution in [0, 0.1) is 36.2 Å². The highest BCUT2D eigenvalue weighted by Crippen LogP contribution is 2.46. The molecule has 2 aromatic rings. The number of nitrogens with zero attached hydrogens (tertiary/aromatic N) is 1. The van der Waals surface area contributed by atoms with Crippen molar-refractivity contribution in [1.82, 2.24) is 0 Å². The second-order valence-electron chi connectivity index (χ2n) is 8.59. The predicted molar refractivity (Wildman–Crippen MR) is 110 cm³/mol. The van der Waals surface area contributed by atoms with Crippen LogP contribution in [-0.4, -0.2) is 24.1 Å². The summed E-state index contributed by atoms with van der Waals surface area (Å²) >= 11 is 0. The summed E-state index contributed by atoms with van der Waals surface area (Å²) in [7, 11) is 0. The van der Waals surface area contributed by atoms with Crippen LogP contribution in [0.1, 0.15) is 30.9 Å². The first-order valence-electron chi connectivity index (χ1n) is 10.5. The lowest BCUT2D eigenvalue weighted by Gasteiger charge is -2.36. The summed E-state index contributed by atoms with van der Waals surface area (Å²) in [5, 5.41) is 2.34. The molecule has 1 saturated carbocycles. The topological polar surface area (TPSA) is 58.6 Å². The molecule has 0 aromatic heterocycles. The molecule has 182 valence electrons. The fourth-order valence-corrected chi connectivity index (χ4v) is 4.15. The molecule has 2 aliphatic rings. The number of halogens is 6. The van der Waals surface area contributed by atoms with Crippen molar-refractivity contribution in [2.24, 2.45) is 11.8 Å². The number of alkyl halides is 3. The third-order valence-electron chi connectivity index (χ3n) is 6.08. The van der Waals surface area contributed by atoms with Crippen LogP contribution in [-0.2, 0) is 16.1 Å². The quantitative estimate of drug-likeness (QED) is 0.601. The number of carbonyl (C=O) groups excluding carboxylic acids is 2. The second kappa shape index (κ2) is 8.52. The maximum Gasteiger partial charge on any atom is 0.391 e. The van der Waals surface area contributed by atoms with Gasteiger partial charge in [-0.1, -0.05) is 0 Å². The minimum atomic E-state index is -4.38. The van der Waals surface area contributed by atoms with Crippen LogP contribution in [0.4, 0.5) is 37.7 Å². The smallest absolute Gasteiger partial charge is 0.391 e. The zero-order chi connectivity index (χ0) is 24.9. The number of hydrogen-bond acceptors (Lipinski definition) is 3. The third-order valence-corrected chi connectivity index (χ3v) is 6.08. The number of hydrogen-bond donors (Lipinski definition) is 1. The van der Waals surface area contributed by atoms with E-state index < -0.39 is 53.4 Å². The molecule has 34 heavy (non-hydrogen) atoms. The number of nitrogens with one attached hydrogen (secondary N) is 1. The van der Waals surface area contributed by atoms with Crippen LogP contribution in [0.15, 0.2) is 24.3 Å². The Balaban J connectivity index is 1.61. The number of fused-ring (bicyclic) bond motifs is 1. The van der Waals surface area contributed by atoms with Gasteiger partial charge < -0.3 is 15.0 Å². The Morgan fingerprint density at radius 2 is 1.74 bits per heavy atom. The predicted octanol–water partition coefficient (Wildman–Crippen LogP) is 5.25. The summed E-state index contributed by atoms with van der Waals surface area (Å²) in [6.45, 7) is 2.55. The van der Waals surface area contributed by atoms with E-state index in [-0.39, 0.29) is 47.6 Å². The minimum Gasteiger partial charge on any atom is -0.476 e. The SMILES string of the molecule is Cc1cc2c(c(F)c1NC(=O)C1CC(C(F)(F)F)C1)OC(C)C(=O)N2Cc1cc(F)cc(F)c1. The van der Waals surface area contributed by atoms with Gasteiger partial charge in [0, 0.05) is 12.0 Å². The molecular weight excluding hydrogens is 466 g/mol. The number of aryl methyl sites for hydroxylation is 1. The molecule has 0 bridgehead atoms. The molecule has 4 rings (SSSR count). The van der Waals surface area contributed by atoms with Crippen molar-refractivity contribution in [2.75, 3.05) is 10.2 Å². The first kappa shape index (κ1) is 23.9. The van der Waals surface area contributed by atoms with Gasteiger partial charge in [-0.3, -0.25) is 9.59 Å². The Morgan fingerprint density at radius 3 is 2.32 bits per heavy atom. The van der Waals surface area contributed by atoms with Gasteiger partial charge in [-0.2, -0.15) is 13.2 Å². The van der Waals surface area contributed by atoms with Crippen molar-refractivity contribution in [2.45, 2.75) is 45.5 Å². The lowest BCUT2D eigenvalue weighted by atomic mass is 9.74. The van der Waals surface area contributed by atoms with Crippen LogP contribution >= 0.6 is 0 Å². The van der Waals surface area contributed by atoms with Gasteiger partial charge in [-0.25, -0.2) is 13.2 Å². The molecule has 11 heteroatoms. The molecule has 1 atom stereocenters. The Labute approximate surface area is 190 Å². The van der Waals surface area contributed by atoms with E-state index in [1.165, 1.54) is 19.9 Å². The van der Waals surface area contributed by atoms with E-state index in [1.54, 1.807) is 0 Å². The van der Waals surface area contributed by atoms with Crippen molar-refractivity contribution >= 4 is 23.2 Å². The monoisotopic (exact) mass is 486 g/mol. The molecule has 5 nitrogen and oxygen atoms in total. The van der Waals surface area contributed by atoms with Crippen molar-refractivity contribution < 1.29 is 40.7 Å². The van der Waals surface area contributed by atoms with E-state index in [9.17, 15) is 31.5 Å². The first-order chi connectivity index (χ1) is 15.8. The first-order valence-corrected chi connectivity index (χ1v) is 10.5. The normalized spacial score (nSPS) is 22.1. The molecule has 0 saturated heterocycles. The van der Waals surface area contributed by atoms with Gasteiger partial charge in [0.25, 0.3) is 5.91 Å². The number of amides is 2. The van der Waals surface area contributed by atoms with Gasteiger partial charge in [0.15, 0.2) is 17.7 Å². The summed E-state index contributed by atoms with van der Waals surface area (Å²) in [5.41, 5.74) is 0.0577. The molecule has 2 aromatic carbocycles. The van der Waals surface area contributed by atoms with E-state index in [1.807, 2.05) is 0 Å². The van der Waals surface area contributed by atoms with Gasteiger partial charge in [0.1, 0.15) is 11.6 Å². The van der Waals surface area contributed by atoms with Gasteiger partial charge in [0.05, 0.1) is 23.8 Å². The Kier molecular flexibility index (Phi) is 5.99. The van der Waals surface area contributed by atoms with Crippen LogP contribution in [0.3, 0.4) is 0 Å². The Bertz CT molecular complexity index is 1140. The number of carbonyl (C=O) groups is 2. The highest BCUT2D eigenvalue weighted by Gasteiger charge is 2.50.